The number of anilines is 1. The standard InChI is InChI=1S/C22H33N5O3/c1-25-11-13-27(14-12-25)21(29)17-7-6-10-19(16-26(2)20(28)15-17)24-22(30)23-18-8-4-3-5-9-18/h3-5,8-9,17,19H,6-7,10-16H2,1-2H3,(H2,23,24,30)/t17-,19-/m1/s1. The Kier molecular flexibility index (Phi) is 7.68. The van der Waals surface area contributed by atoms with Crippen molar-refractivity contribution in [2.75, 3.05) is 52.1 Å². The maximum atomic E-state index is 13.0. The number of nitrogens with zero attached hydrogens (tertiary/aromatic N) is 3. The molecule has 4 amide bonds. The van der Waals surface area contributed by atoms with Crippen molar-refractivity contribution in [3.05, 3.63) is 30.3 Å². The number of carbonyl (C=O) groups excluding carboxylic acids is 3. The van der Waals surface area contributed by atoms with E-state index in [-0.39, 0.29) is 36.2 Å². The van der Waals surface area contributed by atoms with E-state index in [2.05, 4.69) is 22.6 Å². The van der Waals surface area contributed by atoms with E-state index in [9.17, 15) is 14.4 Å². The van der Waals surface area contributed by atoms with E-state index < -0.39 is 0 Å². The van der Waals surface area contributed by atoms with Gasteiger partial charge in [-0.05, 0) is 32.0 Å². The first-order valence-electron chi connectivity index (χ1n) is 10.8. The van der Waals surface area contributed by atoms with Gasteiger partial charge in [0.25, 0.3) is 0 Å². The lowest BCUT2D eigenvalue weighted by atomic mass is 9.95. The van der Waals surface area contributed by atoms with Crippen LogP contribution < -0.4 is 10.6 Å². The smallest absolute Gasteiger partial charge is 0.319 e. The molecule has 30 heavy (non-hydrogen) atoms. The third kappa shape index (κ3) is 6.19. The van der Waals surface area contributed by atoms with Crippen LogP contribution in [0.2, 0.25) is 0 Å². The molecule has 2 fully saturated rings. The molecule has 2 N–H and O–H groups in total. The molecule has 3 rings (SSSR count). The number of urea groups is 1. The SMILES string of the molecule is CN1CCN(C(=O)[C@@H]2CCC[C@@H](NC(=O)Nc3ccccc3)CN(C)C(=O)C2)CC1. The maximum Gasteiger partial charge on any atom is 0.319 e. The lowest BCUT2D eigenvalue weighted by molar-refractivity contribution is -0.142. The zero-order chi connectivity index (χ0) is 21.5. The van der Waals surface area contributed by atoms with E-state index in [4.69, 9.17) is 0 Å². The Labute approximate surface area is 178 Å². The molecule has 2 aliphatic rings. The van der Waals surface area contributed by atoms with Crippen LogP contribution in [0.3, 0.4) is 0 Å². The molecule has 2 saturated heterocycles. The van der Waals surface area contributed by atoms with Crippen molar-refractivity contribution in [1.29, 1.82) is 0 Å². The van der Waals surface area contributed by atoms with E-state index in [1.165, 1.54) is 0 Å². The average Bonchev–Trinajstić information content (AvgIpc) is 2.79. The van der Waals surface area contributed by atoms with Crippen molar-refractivity contribution in [1.82, 2.24) is 20.0 Å². The number of amides is 4. The molecule has 0 radical (unpaired) electrons. The lowest BCUT2D eigenvalue weighted by Crippen LogP contribution is -2.49. The molecule has 1 aromatic rings. The monoisotopic (exact) mass is 415 g/mol. The summed E-state index contributed by atoms with van der Waals surface area (Å²) in [5.74, 6) is -0.224. The Bertz CT molecular complexity index is 734. The van der Waals surface area contributed by atoms with Gasteiger partial charge in [0.1, 0.15) is 0 Å². The summed E-state index contributed by atoms with van der Waals surface area (Å²) < 4.78 is 0. The van der Waals surface area contributed by atoms with Crippen molar-refractivity contribution < 1.29 is 14.4 Å². The average molecular weight is 416 g/mol. The van der Waals surface area contributed by atoms with Gasteiger partial charge in [-0.2, -0.15) is 0 Å². The second-order valence-electron chi connectivity index (χ2n) is 8.40. The van der Waals surface area contributed by atoms with E-state index in [0.717, 1.165) is 44.7 Å². The van der Waals surface area contributed by atoms with Crippen LogP contribution in [0, 0.1) is 5.92 Å². The van der Waals surface area contributed by atoms with Crippen molar-refractivity contribution in [3.8, 4) is 0 Å². The summed E-state index contributed by atoms with van der Waals surface area (Å²) in [7, 11) is 3.80. The Morgan fingerprint density at radius 2 is 1.70 bits per heavy atom. The van der Waals surface area contributed by atoms with Crippen molar-refractivity contribution in [2.24, 2.45) is 5.92 Å². The van der Waals surface area contributed by atoms with Gasteiger partial charge in [0.05, 0.1) is 0 Å². The van der Waals surface area contributed by atoms with Gasteiger partial charge in [-0.25, -0.2) is 4.79 Å². The molecular formula is C22H33N5O3. The van der Waals surface area contributed by atoms with Crippen LogP contribution in [-0.2, 0) is 9.59 Å². The van der Waals surface area contributed by atoms with Crippen molar-refractivity contribution in [2.45, 2.75) is 31.7 Å². The molecule has 2 atom stereocenters. The summed E-state index contributed by atoms with van der Waals surface area (Å²) >= 11 is 0. The molecule has 0 aliphatic carbocycles. The number of piperazine rings is 1. The van der Waals surface area contributed by atoms with Crippen molar-refractivity contribution in [3.63, 3.8) is 0 Å². The first-order chi connectivity index (χ1) is 14.4. The fraction of sp³-hybridized carbons (Fsp3) is 0.591. The minimum Gasteiger partial charge on any atom is -0.344 e. The Morgan fingerprint density at radius 3 is 2.40 bits per heavy atom. The highest BCUT2D eigenvalue weighted by Crippen LogP contribution is 2.21. The zero-order valence-corrected chi connectivity index (χ0v) is 18.0. The predicted octanol–water partition coefficient (Wildman–Crippen LogP) is 1.60. The van der Waals surface area contributed by atoms with Gasteiger partial charge in [-0.3, -0.25) is 9.59 Å². The zero-order valence-electron chi connectivity index (χ0n) is 18.0. The molecule has 8 heteroatoms. The minimum atomic E-state index is -0.281. The molecule has 1 aromatic carbocycles. The van der Waals surface area contributed by atoms with Gasteiger partial charge in [-0.15, -0.1) is 0 Å². The van der Waals surface area contributed by atoms with Crippen LogP contribution in [0.15, 0.2) is 30.3 Å². The summed E-state index contributed by atoms with van der Waals surface area (Å²) in [6, 6.07) is 8.83. The minimum absolute atomic E-state index is 0.0420. The second kappa shape index (κ2) is 10.4. The number of para-hydroxylation sites is 1. The summed E-state index contributed by atoms with van der Waals surface area (Å²) in [4.78, 5) is 43.8. The molecule has 2 heterocycles. The summed E-state index contributed by atoms with van der Waals surface area (Å²) in [6.07, 6.45) is 2.43. The highest BCUT2D eigenvalue weighted by atomic mass is 16.2. The topological polar surface area (TPSA) is 85.0 Å². The van der Waals surface area contributed by atoms with Gasteiger partial charge in [0.15, 0.2) is 0 Å². The van der Waals surface area contributed by atoms with E-state index >= 15 is 0 Å². The third-order valence-electron chi connectivity index (χ3n) is 5.98. The van der Waals surface area contributed by atoms with Crippen LogP contribution in [0.1, 0.15) is 25.7 Å². The van der Waals surface area contributed by atoms with Gasteiger partial charge >= 0.3 is 6.03 Å². The molecule has 2 aliphatic heterocycles. The molecule has 0 saturated carbocycles. The number of likely N-dealkylation sites (N-methyl/N-ethyl adjacent to an activating group) is 2. The third-order valence-corrected chi connectivity index (χ3v) is 5.98. The molecule has 0 bridgehead atoms. The number of rotatable bonds is 3. The van der Waals surface area contributed by atoms with Gasteiger partial charge in [0, 0.05) is 63.8 Å². The van der Waals surface area contributed by atoms with Crippen LogP contribution >= 0.6 is 0 Å². The van der Waals surface area contributed by atoms with Crippen LogP contribution in [0.5, 0.6) is 0 Å². The predicted molar refractivity (Wildman–Crippen MR) is 116 cm³/mol. The molecular weight excluding hydrogens is 382 g/mol. The largest absolute Gasteiger partial charge is 0.344 e. The van der Waals surface area contributed by atoms with Crippen LogP contribution in [-0.4, -0.2) is 85.4 Å². The molecule has 0 spiro atoms. The summed E-state index contributed by atoms with van der Waals surface area (Å²) in [6.45, 7) is 3.62. The van der Waals surface area contributed by atoms with Crippen LogP contribution in [0.25, 0.3) is 0 Å². The number of hydrogen-bond acceptors (Lipinski definition) is 4. The number of hydrogen-bond donors (Lipinski definition) is 2. The van der Waals surface area contributed by atoms with Gasteiger partial charge in [0.2, 0.25) is 11.8 Å². The van der Waals surface area contributed by atoms with Gasteiger partial charge in [-0.1, -0.05) is 24.6 Å². The number of nitrogens with one attached hydrogen (secondary N) is 2. The highest BCUT2D eigenvalue weighted by molar-refractivity contribution is 5.89. The summed E-state index contributed by atoms with van der Waals surface area (Å²) in [5.41, 5.74) is 0.723. The first kappa shape index (κ1) is 22.1. The van der Waals surface area contributed by atoms with Gasteiger partial charge < -0.3 is 25.3 Å². The molecule has 164 valence electrons. The fourth-order valence-corrected chi connectivity index (χ4v) is 4.09. The number of carbonyl (C=O) groups is 3. The van der Waals surface area contributed by atoms with E-state index in [1.54, 1.807) is 11.9 Å². The Hall–Kier alpha value is -2.61. The Morgan fingerprint density at radius 1 is 1.00 bits per heavy atom. The van der Waals surface area contributed by atoms with Crippen molar-refractivity contribution >= 4 is 23.5 Å². The fourth-order valence-electron chi connectivity index (χ4n) is 4.09. The summed E-state index contributed by atoms with van der Waals surface area (Å²) in [5, 5.41) is 5.80. The van der Waals surface area contributed by atoms with E-state index in [1.807, 2.05) is 35.2 Å². The number of benzene rings is 1. The van der Waals surface area contributed by atoms with Crippen LogP contribution in [0.4, 0.5) is 10.5 Å². The second-order valence-corrected chi connectivity index (χ2v) is 8.40. The highest BCUT2D eigenvalue weighted by Gasteiger charge is 2.31. The Balaban J connectivity index is 1.57. The normalized spacial score (nSPS) is 23.9. The quantitative estimate of drug-likeness (QED) is 0.785. The lowest BCUT2D eigenvalue weighted by Gasteiger charge is -2.34. The first-order valence-corrected chi connectivity index (χ1v) is 10.8. The molecule has 8 nitrogen and oxygen atoms in total. The molecule has 0 unspecified atom stereocenters. The van der Waals surface area contributed by atoms with E-state index in [0.29, 0.717) is 13.0 Å². The maximum absolute atomic E-state index is 13.0. The molecule has 0 aromatic heterocycles.